The van der Waals surface area contributed by atoms with Crippen LogP contribution < -0.4 is 11.3 Å². The van der Waals surface area contributed by atoms with Crippen molar-refractivity contribution in [3.63, 3.8) is 0 Å². The third-order valence-electron chi connectivity index (χ3n) is 2.90. The summed E-state index contributed by atoms with van der Waals surface area (Å²) in [5, 5.41) is 0. The zero-order chi connectivity index (χ0) is 14.0. The Morgan fingerprint density at radius 1 is 0.947 bits per heavy atom. The number of aryl methyl sites for hydroxylation is 1. The van der Waals surface area contributed by atoms with Gasteiger partial charge in [0.15, 0.2) is 0 Å². The molecule has 0 spiro atoms. The van der Waals surface area contributed by atoms with Crippen LogP contribution in [0.25, 0.3) is 0 Å². The molecule has 0 aromatic heterocycles. The van der Waals surface area contributed by atoms with Gasteiger partial charge >= 0.3 is 0 Å². The smallest absolute Gasteiger partial charge is 0.128 e. The second kappa shape index (κ2) is 5.42. The van der Waals surface area contributed by atoms with Crippen molar-refractivity contribution in [2.45, 2.75) is 13.0 Å². The van der Waals surface area contributed by atoms with Gasteiger partial charge < -0.3 is 0 Å². The first-order valence-electron chi connectivity index (χ1n) is 5.70. The summed E-state index contributed by atoms with van der Waals surface area (Å²) in [6, 6.07) is 6.53. The van der Waals surface area contributed by atoms with Crippen molar-refractivity contribution in [1.29, 1.82) is 0 Å². The maximum atomic E-state index is 13.9. The normalized spacial score (nSPS) is 12.5. The molecular weight excluding hydrogens is 253 g/mol. The minimum absolute atomic E-state index is 0.0368. The number of nitrogens with one attached hydrogen (secondary N) is 1. The molecule has 0 saturated heterocycles. The third-order valence-corrected chi connectivity index (χ3v) is 2.90. The molecule has 1 unspecified atom stereocenters. The van der Waals surface area contributed by atoms with Crippen molar-refractivity contribution in [3.05, 3.63) is 70.5 Å². The van der Waals surface area contributed by atoms with Gasteiger partial charge in [0.05, 0.1) is 6.04 Å². The van der Waals surface area contributed by atoms with Gasteiger partial charge in [-0.25, -0.2) is 18.6 Å². The predicted molar refractivity (Wildman–Crippen MR) is 66.7 cm³/mol. The Labute approximate surface area is 109 Å². The number of hydrogen-bond acceptors (Lipinski definition) is 2. The van der Waals surface area contributed by atoms with Crippen molar-refractivity contribution in [2.75, 3.05) is 0 Å². The first-order valence-corrected chi connectivity index (χ1v) is 5.70. The van der Waals surface area contributed by atoms with Gasteiger partial charge in [0, 0.05) is 11.1 Å². The first kappa shape index (κ1) is 13.6. The molecule has 0 aliphatic rings. The summed E-state index contributed by atoms with van der Waals surface area (Å²) >= 11 is 0. The van der Waals surface area contributed by atoms with Crippen LogP contribution in [0.1, 0.15) is 22.7 Å². The van der Waals surface area contributed by atoms with Crippen LogP contribution in [0.15, 0.2) is 36.4 Å². The van der Waals surface area contributed by atoms with E-state index in [9.17, 15) is 13.2 Å². The number of hydrogen-bond donors (Lipinski definition) is 2. The van der Waals surface area contributed by atoms with E-state index in [1.807, 2.05) is 0 Å². The summed E-state index contributed by atoms with van der Waals surface area (Å²) < 4.78 is 40.8. The van der Waals surface area contributed by atoms with Crippen LogP contribution in [-0.4, -0.2) is 0 Å². The molecule has 0 radical (unpaired) electrons. The molecule has 0 bridgehead atoms. The molecule has 19 heavy (non-hydrogen) atoms. The van der Waals surface area contributed by atoms with Gasteiger partial charge in [0.1, 0.15) is 17.5 Å². The molecule has 3 N–H and O–H groups in total. The van der Waals surface area contributed by atoms with Crippen LogP contribution in [0, 0.1) is 24.4 Å². The lowest BCUT2D eigenvalue weighted by molar-refractivity contribution is 0.523. The molecule has 2 rings (SSSR count). The summed E-state index contributed by atoms with van der Waals surface area (Å²) in [5.41, 5.74) is 3.18. The number of rotatable bonds is 3. The van der Waals surface area contributed by atoms with Gasteiger partial charge in [-0.15, -0.1) is 0 Å². The Kier molecular flexibility index (Phi) is 3.87. The summed E-state index contributed by atoms with van der Waals surface area (Å²) in [5.74, 6) is 3.58. The molecule has 0 heterocycles. The van der Waals surface area contributed by atoms with Crippen molar-refractivity contribution in [1.82, 2.24) is 5.43 Å². The van der Waals surface area contributed by atoms with Crippen molar-refractivity contribution >= 4 is 0 Å². The number of nitrogens with two attached hydrogens (primary N) is 1. The highest BCUT2D eigenvalue weighted by atomic mass is 19.1. The van der Waals surface area contributed by atoms with E-state index in [2.05, 4.69) is 5.43 Å². The molecule has 2 nitrogen and oxygen atoms in total. The molecule has 0 saturated carbocycles. The van der Waals surface area contributed by atoms with Crippen LogP contribution >= 0.6 is 0 Å². The van der Waals surface area contributed by atoms with Crippen LogP contribution in [0.5, 0.6) is 0 Å². The molecule has 0 aliphatic heterocycles. The van der Waals surface area contributed by atoms with E-state index in [0.717, 1.165) is 23.8 Å². The summed E-state index contributed by atoms with van der Waals surface area (Å²) in [6.07, 6.45) is 0. The minimum Gasteiger partial charge on any atom is -0.271 e. The second-order valence-corrected chi connectivity index (χ2v) is 4.29. The van der Waals surface area contributed by atoms with E-state index < -0.39 is 23.5 Å². The fourth-order valence-electron chi connectivity index (χ4n) is 1.95. The van der Waals surface area contributed by atoms with Gasteiger partial charge in [-0.2, -0.15) is 0 Å². The molecule has 100 valence electrons. The maximum Gasteiger partial charge on any atom is 0.128 e. The van der Waals surface area contributed by atoms with Gasteiger partial charge in [0.25, 0.3) is 0 Å². The number of hydrazine groups is 1. The first-order chi connectivity index (χ1) is 9.02. The highest BCUT2D eigenvalue weighted by Gasteiger charge is 2.20. The molecule has 0 fully saturated rings. The lowest BCUT2D eigenvalue weighted by Crippen LogP contribution is -2.30. The van der Waals surface area contributed by atoms with Crippen molar-refractivity contribution < 1.29 is 13.2 Å². The van der Waals surface area contributed by atoms with Gasteiger partial charge in [0.2, 0.25) is 0 Å². The van der Waals surface area contributed by atoms with Crippen molar-refractivity contribution in [3.8, 4) is 0 Å². The zero-order valence-corrected chi connectivity index (χ0v) is 10.3. The number of halogens is 3. The molecule has 5 heteroatoms. The van der Waals surface area contributed by atoms with Gasteiger partial charge in [-0.05, 0) is 36.8 Å². The topological polar surface area (TPSA) is 38.0 Å². The Morgan fingerprint density at radius 2 is 1.68 bits per heavy atom. The van der Waals surface area contributed by atoms with Crippen LogP contribution in [0.4, 0.5) is 13.2 Å². The Bertz CT molecular complexity index is 599. The summed E-state index contributed by atoms with van der Waals surface area (Å²) in [4.78, 5) is 0. The highest BCUT2D eigenvalue weighted by Crippen LogP contribution is 2.27. The van der Waals surface area contributed by atoms with Gasteiger partial charge in [-0.1, -0.05) is 12.1 Å². The molecule has 2 aromatic carbocycles. The fourth-order valence-corrected chi connectivity index (χ4v) is 1.95. The van der Waals surface area contributed by atoms with E-state index in [1.54, 1.807) is 13.0 Å². The van der Waals surface area contributed by atoms with Crippen molar-refractivity contribution in [2.24, 2.45) is 5.84 Å². The quantitative estimate of drug-likeness (QED) is 0.662. The summed E-state index contributed by atoms with van der Waals surface area (Å²) in [7, 11) is 0. The summed E-state index contributed by atoms with van der Waals surface area (Å²) in [6.45, 7) is 1.74. The largest absolute Gasteiger partial charge is 0.271 e. The standard InChI is InChI=1S/C14H13F3N2/c1-8-2-4-10(13(17)6-8)14(19-18)11-7-9(15)3-5-12(11)16/h2-7,14,19H,18H2,1H3. The number of benzene rings is 2. The van der Waals surface area contributed by atoms with E-state index >= 15 is 0 Å². The van der Waals surface area contributed by atoms with Crippen LogP contribution in [0.3, 0.4) is 0 Å². The molecular formula is C14H13F3N2. The lowest BCUT2D eigenvalue weighted by atomic mass is 9.97. The molecule has 0 aliphatic carbocycles. The molecule has 1 atom stereocenters. The van der Waals surface area contributed by atoms with E-state index in [-0.39, 0.29) is 11.1 Å². The fraction of sp³-hybridized carbons (Fsp3) is 0.143. The van der Waals surface area contributed by atoms with E-state index in [1.165, 1.54) is 12.1 Å². The maximum absolute atomic E-state index is 13.9. The lowest BCUT2D eigenvalue weighted by Gasteiger charge is -2.18. The van der Waals surface area contributed by atoms with Crippen LogP contribution in [0.2, 0.25) is 0 Å². The third kappa shape index (κ3) is 2.77. The Hall–Kier alpha value is -1.85. The highest BCUT2D eigenvalue weighted by molar-refractivity contribution is 5.35. The zero-order valence-electron chi connectivity index (χ0n) is 10.3. The van der Waals surface area contributed by atoms with Crippen LogP contribution in [-0.2, 0) is 0 Å². The molecule has 2 aromatic rings. The predicted octanol–water partition coefficient (Wildman–Crippen LogP) is 2.97. The van der Waals surface area contributed by atoms with E-state index in [0.29, 0.717) is 0 Å². The van der Waals surface area contributed by atoms with Gasteiger partial charge in [-0.3, -0.25) is 5.84 Å². The minimum atomic E-state index is -0.948. The second-order valence-electron chi connectivity index (χ2n) is 4.29. The monoisotopic (exact) mass is 266 g/mol. The average Bonchev–Trinajstić information content (AvgIpc) is 2.36. The SMILES string of the molecule is Cc1ccc(C(NN)c2cc(F)ccc2F)c(F)c1. The average molecular weight is 266 g/mol. The Morgan fingerprint density at radius 3 is 2.32 bits per heavy atom. The Balaban J connectivity index is 2.52. The molecule has 0 amide bonds. The van der Waals surface area contributed by atoms with E-state index in [4.69, 9.17) is 5.84 Å².